The van der Waals surface area contributed by atoms with Crippen molar-refractivity contribution in [2.45, 2.75) is 11.1 Å². The summed E-state index contributed by atoms with van der Waals surface area (Å²) in [7, 11) is -4.40. The molecule has 3 rings (SSSR count). The average molecular weight is 373 g/mol. The second-order valence-electron chi connectivity index (χ2n) is 5.06. The molecule has 132 valence electrons. The Morgan fingerprint density at radius 1 is 1.12 bits per heavy atom. The molecule has 0 saturated carbocycles. The Hall–Kier alpha value is -2.75. The fourth-order valence-electron chi connectivity index (χ4n) is 2.12. The molecule has 25 heavy (non-hydrogen) atoms. The summed E-state index contributed by atoms with van der Waals surface area (Å²) in [5.41, 5.74) is -0.906. The molecule has 1 amide bonds. The molecule has 0 bridgehead atoms. The summed E-state index contributed by atoms with van der Waals surface area (Å²) in [4.78, 5) is 10.9. The van der Waals surface area contributed by atoms with Crippen LogP contribution in [-0.4, -0.2) is 20.9 Å². The van der Waals surface area contributed by atoms with E-state index in [2.05, 4.69) is 5.32 Å². The van der Waals surface area contributed by atoms with Gasteiger partial charge in [-0.1, -0.05) is 6.07 Å². The lowest BCUT2D eigenvalue weighted by Crippen LogP contribution is -2.25. The number of benzene rings is 2. The summed E-state index contributed by atoms with van der Waals surface area (Å²) in [6.45, 7) is -0.195. The maximum Gasteiger partial charge on any atom is 0.416 e. The maximum atomic E-state index is 12.7. The van der Waals surface area contributed by atoms with Gasteiger partial charge in [0, 0.05) is 0 Å². The standard InChI is InChI=1S/C15H10F3NO5S/c16-15(17,18)9-2-1-3-10(6-9)24-25(21,22)11-4-5-13-12(7-11)19-14(20)8-23-13/h1-7H,8H2,(H,19,20). The van der Waals surface area contributed by atoms with E-state index in [0.29, 0.717) is 6.07 Å². The van der Waals surface area contributed by atoms with Crippen molar-refractivity contribution in [3.63, 3.8) is 0 Å². The normalized spacial score (nSPS) is 14.3. The molecule has 1 aliphatic heterocycles. The molecule has 0 fully saturated rings. The summed E-state index contributed by atoms with van der Waals surface area (Å²) in [5.74, 6) is -0.661. The number of nitrogens with one attached hydrogen (secondary N) is 1. The Morgan fingerprint density at radius 3 is 2.60 bits per heavy atom. The van der Waals surface area contributed by atoms with Gasteiger partial charge in [-0.05, 0) is 36.4 Å². The van der Waals surface area contributed by atoms with Gasteiger partial charge < -0.3 is 14.2 Å². The van der Waals surface area contributed by atoms with E-state index in [1.807, 2.05) is 0 Å². The molecule has 1 N–H and O–H groups in total. The number of ether oxygens (including phenoxy) is 1. The first-order valence-electron chi connectivity index (χ1n) is 6.84. The van der Waals surface area contributed by atoms with Gasteiger partial charge in [-0.3, -0.25) is 4.79 Å². The van der Waals surface area contributed by atoms with E-state index in [1.165, 1.54) is 12.1 Å². The third kappa shape index (κ3) is 3.68. The topological polar surface area (TPSA) is 81.7 Å². The maximum absolute atomic E-state index is 12.7. The number of rotatable bonds is 3. The Labute approximate surface area is 140 Å². The third-order valence-corrected chi connectivity index (χ3v) is 4.48. The Balaban J connectivity index is 1.90. The fourth-order valence-corrected chi connectivity index (χ4v) is 3.07. The van der Waals surface area contributed by atoms with E-state index in [9.17, 15) is 26.4 Å². The lowest BCUT2D eigenvalue weighted by Gasteiger charge is -2.18. The van der Waals surface area contributed by atoms with Gasteiger partial charge in [0.25, 0.3) is 5.91 Å². The van der Waals surface area contributed by atoms with Gasteiger partial charge in [-0.2, -0.15) is 21.6 Å². The summed E-state index contributed by atoms with van der Waals surface area (Å²) >= 11 is 0. The highest BCUT2D eigenvalue weighted by atomic mass is 32.2. The molecular formula is C15H10F3NO5S. The Bertz CT molecular complexity index is 940. The van der Waals surface area contributed by atoms with Crippen LogP contribution in [0.15, 0.2) is 47.4 Å². The van der Waals surface area contributed by atoms with Crippen molar-refractivity contribution >= 4 is 21.7 Å². The fraction of sp³-hybridized carbons (Fsp3) is 0.133. The lowest BCUT2D eigenvalue weighted by atomic mass is 10.2. The van der Waals surface area contributed by atoms with Crippen molar-refractivity contribution in [2.75, 3.05) is 11.9 Å². The predicted molar refractivity (Wildman–Crippen MR) is 79.8 cm³/mol. The highest BCUT2D eigenvalue weighted by Gasteiger charge is 2.31. The minimum absolute atomic E-state index is 0.130. The molecule has 0 atom stereocenters. The SMILES string of the molecule is O=C1COc2ccc(S(=O)(=O)Oc3cccc(C(F)(F)F)c3)cc2N1. The van der Waals surface area contributed by atoms with Crippen LogP contribution in [0.2, 0.25) is 0 Å². The van der Waals surface area contributed by atoms with Crippen LogP contribution in [0.4, 0.5) is 18.9 Å². The number of fused-ring (bicyclic) bond motifs is 1. The van der Waals surface area contributed by atoms with Crippen molar-refractivity contribution in [1.29, 1.82) is 0 Å². The predicted octanol–water partition coefficient (Wildman–Crippen LogP) is 2.80. The zero-order chi connectivity index (χ0) is 18.2. The molecule has 0 spiro atoms. The zero-order valence-electron chi connectivity index (χ0n) is 12.3. The third-order valence-electron chi connectivity index (χ3n) is 3.24. The van der Waals surface area contributed by atoms with Crippen LogP contribution in [0.5, 0.6) is 11.5 Å². The Kier molecular flexibility index (Phi) is 4.07. The molecular weight excluding hydrogens is 363 g/mol. The molecule has 2 aromatic rings. The summed E-state index contributed by atoms with van der Waals surface area (Å²) in [6.07, 6.45) is -4.63. The van der Waals surface area contributed by atoms with Crippen LogP contribution in [0, 0.1) is 0 Å². The second-order valence-corrected chi connectivity index (χ2v) is 6.60. The molecule has 1 aliphatic rings. The van der Waals surface area contributed by atoms with Gasteiger partial charge in [-0.15, -0.1) is 0 Å². The van der Waals surface area contributed by atoms with E-state index in [0.717, 1.165) is 24.3 Å². The van der Waals surface area contributed by atoms with Crippen LogP contribution < -0.4 is 14.2 Å². The number of halogens is 3. The van der Waals surface area contributed by atoms with Gasteiger partial charge in [0.1, 0.15) is 16.4 Å². The average Bonchev–Trinajstić information content (AvgIpc) is 2.53. The monoisotopic (exact) mass is 373 g/mol. The summed E-state index contributed by atoms with van der Waals surface area (Å²) in [5, 5.41) is 2.43. The molecule has 0 aliphatic carbocycles. The second kappa shape index (κ2) is 5.96. The van der Waals surface area contributed by atoms with Gasteiger partial charge >= 0.3 is 16.3 Å². The number of carbonyl (C=O) groups excluding carboxylic acids is 1. The largest absolute Gasteiger partial charge is 0.482 e. The number of carbonyl (C=O) groups is 1. The van der Waals surface area contributed by atoms with Crippen LogP contribution in [0.1, 0.15) is 5.56 Å². The van der Waals surface area contributed by atoms with E-state index < -0.39 is 33.5 Å². The number of hydrogen-bond donors (Lipinski definition) is 1. The van der Waals surface area contributed by atoms with Crippen LogP contribution in [0.3, 0.4) is 0 Å². The van der Waals surface area contributed by atoms with Gasteiger partial charge in [0.15, 0.2) is 6.61 Å². The van der Waals surface area contributed by atoms with Crippen LogP contribution in [0.25, 0.3) is 0 Å². The van der Waals surface area contributed by atoms with Gasteiger partial charge in [0.05, 0.1) is 11.3 Å². The van der Waals surface area contributed by atoms with E-state index in [4.69, 9.17) is 8.92 Å². The molecule has 1 heterocycles. The zero-order valence-corrected chi connectivity index (χ0v) is 13.1. The number of amides is 1. The molecule has 2 aromatic carbocycles. The highest BCUT2D eigenvalue weighted by molar-refractivity contribution is 7.87. The van der Waals surface area contributed by atoms with E-state index in [1.54, 1.807) is 0 Å². The van der Waals surface area contributed by atoms with E-state index in [-0.39, 0.29) is 22.9 Å². The molecule has 6 nitrogen and oxygen atoms in total. The van der Waals surface area contributed by atoms with Gasteiger partial charge in [-0.25, -0.2) is 0 Å². The minimum Gasteiger partial charge on any atom is -0.482 e. The van der Waals surface area contributed by atoms with Crippen LogP contribution >= 0.6 is 0 Å². The minimum atomic E-state index is -4.63. The lowest BCUT2D eigenvalue weighted by molar-refractivity contribution is -0.137. The molecule has 10 heteroatoms. The smallest absolute Gasteiger partial charge is 0.416 e. The molecule has 0 saturated heterocycles. The highest BCUT2D eigenvalue weighted by Crippen LogP contribution is 2.33. The van der Waals surface area contributed by atoms with Crippen molar-refractivity contribution in [3.05, 3.63) is 48.0 Å². The van der Waals surface area contributed by atoms with Gasteiger partial charge in [0.2, 0.25) is 0 Å². The molecule has 0 aromatic heterocycles. The first-order chi connectivity index (χ1) is 11.6. The van der Waals surface area contributed by atoms with Crippen molar-refractivity contribution in [1.82, 2.24) is 0 Å². The number of alkyl halides is 3. The molecule has 0 radical (unpaired) electrons. The van der Waals surface area contributed by atoms with Crippen molar-refractivity contribution in [3.8, 4) is 11.5 Å². The molecule has 0 unspecified atom stereocenters. The first kappa shape index (κ1) is 17.1. The summed E-state index contributed by atoms with van der Waals surface area (Å²) in [6, 6.07) is 7.10. The summed E-state index contributed by atoms with van der Waals surface area (Å²) < 4.78 is 72.5. The van der Waals surface area contributed by atoms with Crippen molar-refractivity contribution in [2.24, 2.45) is 0 Å². The van der Waals surface area contributed by atoms with Crippen LogP contribution in [-0.2, 0) is 21.1 Å². The first-order valence-corrected chi connectivity index (χ1v) is 8.24. The van der Waals surface area contributed by atoms with Crippen molar-refractivity contribution < 1.29 is 35.3 Å². The Morgan fingerprint density at radius 2 is 1.88 bits per heavy atom. The number of anilines is 1. The quantitative estimate of drug-likeness (QED) is 0.837. The number of hydrogen-bond acceptors (Lipinski definition) is 5. The van der Waals surface area contributed by atoms with E-state index >= 15 is 0 Å².